The first-order valence-corrected chi connectivity index (χ1v) is 6.39. The lowest BCUT2D eigenvalue weighted by Crippen LogP contribution is -2.51. The Bertz CT molecular complexity index is 385. The van der Waals surface area contributed by atoms with Gasteiger partial charge in [0.1, 0.15) is 5.54 Å². The van der Waals surface area contributed by atoms with E-state index in [1.807, 2.05) is 63.2 Å². The molecular formula is C15H27IN2O2. The smallest absolute Gasteiger partial charge is 0.326 e. The van der Waals surface area contributed by atoms with E-state index in [4.69, 9.17) is 4.74 Å². The van der Waals surface area contributed by atoms with Crippen LogP contribution in [0.4, 0.5) is 0 Å². The molecule has 0 radical (unpaired) electrons. The lowest BCUT2D eigenvalue weighted by Gasteiger charge is -2.34. The molecule has 1 aromatic rings. The number of ether oxygens (including phenoxy) is 1. The van der Waals surface area contributed by atoms with E-state index in [-0.39, 0.29) is 36.1 Å². The van der Waals surface area contributed by atoms with E-state index in [9.17, 15) is 4.79 Å². The van der Waals surface area contributed by atoms with E-state index >= 15 is 0 Å². The summed E-state index contributed by atoms with van der Waals surface area (Å²) in [5.74, 6) is -0.154. The standard InChI is InChI=1S/C15H23NO2.HI.H3N/c1-5-11-18-14(17)15(2,16(3)4)12-13-9-7-6-8-10-13;;/h6-10H,5,11-12H2,1-4H3;1H;1H3. The number of benzene rings is 1. The van der Waals surface area contributed by atoms with Crippen LogP contribution >= 0.6 is 24.0 Å². The van der Waals surface area contributed by atoms with E-state index < -0.39 is 5.54 Å². The van der Waals surface area contributed by atoms with E-state index in [2.05, 4.69) is 0 Å². The second-order valence-electron chi connectivity index (χ2n) is 4.97. The van der Waals surface area contributed by atoms with Gasteiger partial charge in [0.15, 0.2) is 0 Å². The maximum absolute atomic E-state index is 12.2. The van der Waals surface area contributed by atoms with Crippen molar-refractivity contribution in [1.29, 1.82) is 0 Å². The monoisotopic (exact) mass is 394 g/mol. The Morgan fingerprint density at radius 1 is 1.25 bits per heavy atom. The summed E-state index contributed by atoms with van der Waals surface area (Å²) in [6, 6.07) is 10.0. The second kappa shape index (κ2) is 10.1. The van der Waals surface area contributed by atoms with Crippen LogP contribution < -0.4 is 6.15 Å². The van der Waals surface area contributed by atoms with Crippen molar-refractivity contribution in [3.05, 3.63) is 35.9 Å². The zero-order valence-corrected chi connectivity index (χ0v) is 15.2. The Morgan fingerprint density at radius 3 is 2.25 bits per heavy atom. The molecule has 1 aromatic carbocycles. The fraction of sp³-hybridized carbons (Fsp3) is 0.533. The summed E-state index contributed by atoms with van der Waals surface area (Å²) in [4.78, 5) is 14.1. The molecule has 3 N–H and O–H groups in total. The highest BCUT2D eigenvalue weighted by atomic mass is 127. The number of esters is 1. The minimum Gasteiger partial charge on any atom is -0.464 e. The molecule has 0 aliphatic carbocycles. The van der Waals surface area contributed by atoms with Gasteiger partial charge in [0, 0.05) is 6.42 Å². The van der Waals surface area contributed by atoms with Gasteiger partial charge >= 0.3 is 5.97 Å². The van der Waals surface area contributed by atoms with Crippen LogP contribution in [0.2, 0.25) is 0 Å². The third kappa shape index (κ3) is 5.76. The average Bonchev–Trinajstić information content (AvgIpc) is 2.36. The Labute approximate surface area is 139 Å². The number of hydrogen-bond acceptors (Lipinski definition) is 4. The maximum atomic E-state index is 12.2. The molecule has 0 saturated heterocycles. The van der Waals surface area contributed by atoms with Crippen LogP contribution in [0.3, 0.4) is 0 Å². The Kier molecular flexibility index (Phi) is 11.0. The fourth-order valence-corrected chi connectivity index (χ4v) is 1.76. The fourth-order valence-electron chi connectivity index (χ4n) is 1.76. The Balaban J connectivity index is 0. The van der Waals surface area contributed by atoms with Crippen LogP contribution in [0.25, 0.3) is 0 Å². The first-order valence-electron chi connectivity index (χ1n) is 6.39. The molecule has 0 heterocycles. The molecule has 0 fully saturated rings. The molecule has 5 heteroatoms. The number of carbonyl (C=O) groups is 1. The van der Waals surface area contributed by atoms with Gasteiger partial charge in [-0.3, -0.25) is 9.69 Å². The summed E-state index contributed by atoms with van der Waals surface area (Å²) in [6.07, 6.45) is 1.50. The van der Waals surface area contributed by atoms with Gasteiger partial charge in [0.2, 0.25) is 0 Å². The molecule has 1 unspecified atom stereocenters. The number of carbonyl (C=O) groups excluding carboxylic acids is 1. The van der Waals surface area contributed by atoms with Crippen LogP contribution in [-0.4, -0.2) is 37.1 Å². The summed E-state index contributed by atoms with van der Waals surface area (Å²) in [6.45, 7) is 4.41. The van der Waals surface area contributed by atoms with Crippen LogP contribution in [0.1, 0.15) is 25.8 Å². The topological polar surface area (TPSA) is 64.5 Å². The van der Waals surface area contributed by atoms with E-state index in [1.54, 1.807) is 0 Å². The highest BCUT2D eigenvalue weighted by molar-refractivity contribution is 14.0. The first-order chi connectivity index (χ1) is 8.50. The van der Waals surface area contributed by atoms with Crippen LogP contribution in [0.5, 0.6) is 0 Å². The van der Waals surface area contributed by atoms with Crippen molar-refractivity contribution >= 4 is 29.9 Å². The van der Waals surface area contributed by atoms with Gasteiger partial charge in [0.25, 0.3) is 0 Å². The quantitative estimate of drug-likeness (QED) is 0.594. The third-order valence-electron chi connectivity index (χ3n) is 3.26. The SMILES string of the molecule is CCCOC(=O)C(C)(Cc1ccccc1)N(C)C.I.N. The molecule has 0 aliphatic rings. The van der Waals surface area contributed by atoms with Crippen molar-refractivity contribution in [2.24, 2.45) is 0 Å². The van der Waals surface area contributed by atoms with Gasteiger partial charge < -0.3 is 10.9 Å². The second-order valence-corrected chi connectivity index (χ2v) is 4.97. The number of halogens is 1. The highest BCUT2D eigenvalue weighted by Gasteiger charge is 2.37. The zero-order chi connectivity index (χ0) is 13.6. The van der Waals surface area contributed by atoms with E-state index in [0.29, 0.717) is 13.0 Å². The third-order valence-corrected chi connectivity index (χ3v) is 3.26. The lowest BCUT2D eigenvalue weighted by molar-refractivity contribution is -0.155. The van der Waals surface area contributed by atoms with Crippen molar-refractivity contribution in [2.75, 3.05) is 20.7 Å². The summed E-state index contributed by atoms with van der Waals surface area (Å²) >= 11 is 0. The summed E-state index contributed by atoms with van der Waals surface area (Å²) in [5, 5.41) is 0. The largest absolute Gasteiger partial charge is 0.464 e. The normalized spacial score (nSPS) is 12.8. The predicted octanol–water partition coefficient (Wildman–Crippen LogP) is 3.28. The molecule has 0 saturated carbocycles. The molecule has 0 spiro atoms. The van der Waals surface area contributed by atoms with Gasteiger partial charge in [-0.25, -0.2) is 0 Å². The molecule has 20 heavy (non-hydrogen) atoms. The van der Waals surface area contributed by atoms with Crippen LogP contribution in [-0.2, 0) is 16.0 Å². The molecule has 4 nitrogen and oxygen atoms in total. The first kappa shape index (κ1) is 21.6. The van der Waals surface area contributed by atoms with E-state index in [0.717, 1.165) is 12.0 Å². The molecule has 116 valence electrons. The van der Waals surface area contributed by atoms with Gasteiger partial charge in [-0.1, -0.05) is 37.3 Å². The van der Waals surface area contributed by atoms with Gasteiger partial charge in [0.05, 0.1) is 6.61 Å². The van der Waals surface area contributed by atoms with Gasteiger partial charge in [-0.15, -0.1) is 24.0 Å². The van der Waals surface area contributed by atoms with Crippen LogP contribution in [0, 0.1) is 0 Å². The molecule has 1 atom stereocenters. The lowest BCUT2D eigenvalue weighted by atomic mass is 9.91. The number of likely N-dealkylation sites (N-methyl/N-ethyl adjacent to an activating group) is 1. The van der Waals surface area contributed by atoms with Crippen molar-refractivity contribution in [1.82, 2.24) is 11.1 Å². The van der Waals surface area contributed by atoms with Gasteiger partial charge in [-0.05, 0) is 33.0 Å². The van der Waals surface area contributed by atoms with Crippen LogP contribution in [0.15, 0.2) is 30.3 Å². The predicted molar refractivity (Wildman–Crippen MR) is 93.9 cm³/mol. The van der Waals surface area contributed by atoms with E-state index in [1.165, 1.54) is 0 Å². The summed E-state index contributed by atoms with van der Waals surface area (Å²) in [5.41, 5.74) is 0.526. The molecule has 0 aliphatic heterocycles. The molecule has 0 amide bonds. The molecule has 1 rings (SSSR count). The molecule has 0 bridgehead atoms. The number of rotatable bonds is 6. The minimum absolute atomic E-state index is 0. The van der Waals surface area contributed by atoms with Crippen molar-refractivity contribution in [3.63, 3.8) is 0 Å². The zero-order valence-electron chi connectivity index (χ0n) is 12.9. The van der Waals surface area contributed by atoms with Crippen molar-refractivity contribution in [3.8, 4) is 0 Å². The average molecular weight is 394 g/mol. The molecular weight excluding hydrogens is 367 g/mol. The Morgan fingerprint density at radius 2 is 1.80 bits per heavy atom. The number of nitrogens with zero attached hydrogens (tertiary/aromatic N) is 1. The molecule has 0 aromatic heterocycles. The number of hydrogen-bond donors (Lipinski definition) is 1. The summed E-state index contributed by atoms with van der Waals surface area (Å²) in [7, 11) is 3.83. The van der Waals surface area contributed by atoms with Crippen molar-refractivity contribution < 1.29 is 9.53 Å². The summed E-state index contributed by atoms with van der Waals surface area (Å²) < 4.78 is 5.31. The minimum atomic E-state index is -0.615. The Hall–Kier alpha value is -0.660. The van der Waals surface area contributed by atoms with Gasteiger partial charge in [-0.2, -0.15) is 0 Å². The van der Waals surface area contributed by atoms with Crippen molar-refractivity contribution in [2.45, 2.75) is 32.2 Å². The maximum Gasteiger partial charge on any atom is 0.326 e. The highest BCUT2D eigenvalue weighted by Crippen LogP contribution is 2.20.